The van der Waals surface area contributed by atoms with E-state index in [4.69, 9.17) is 15.5 Å². The lowest BCUT2D eigenvalue weighted by Gasteiger charge is -2.39. The van der Waals surface area contributed by atoms with Crippen molar-refractivity contribution in [3.8, 4) is 0 Å². The molecule has 2 saturated heterocycles. The Balaban J connectivity index is 1.54. The Bertz CT molecular complexity index is 521. The number of aryl methyl sites for hydroxylation is 1. The number of hydrogen-bond donors (Lipinski definition) is 1. The number of rotatable bonds is 5. The van der Waals surface area contributed by atoms with Crippen LogP contribution in [0.2, 0.25) is 0 Å². The molecule has 0 spiro atoms. The van der Waals surface area contributed by atoms with E-state index in [1.165, 1.54) is 31.4 Å². The molecule has 0 atom stereocenters. The Labute approximate surface area is 138 Å². The first kappa shape index (κ1) is 16.4. The minimum absolute atomic E-state index is 0.262. The maximum atomic E-state index is 10.9. The van der Waals surface area contributed by atoms with Crippen LogP contribution in [0.3, 0.4) is 0 Å². The molecular formula is C18H27N3O2. The maximum Gasteiger partial charge on any atom is 0.217 e. The lowest BCUT2D eigenvalue weighted by molar-refractivity contribution is -0.118. The Hall–Kier alpha value is -1.46. The molecule has 2 fully saturated rings. The van der Waals surface area contributed by atoms with Crippen molar-refractivity contribution < 1.29 is 9.53 Å². The van der Waals surface area contributed by atoms with E-state index in [1.54, 1.807) is 0 Å². The quantitative estimate of drug-likeness (QED) is 0.900. The monoisotopic (exact) mass is 317 g/mol. The van der Waals surface area contributed by atoms with Gasteiger partial charge in [-0.2, -0.15) is 0 Å². The molecule has 1 amide bonds. The highest BCUT2D eigenvalue weighted by molar-refractivity contribution is 5.73. The second kappa shape index (κ2) is 7.88. The summed E-state index contributed by atoms with van der Waals surface area (Å²) in [6.45, 7) is 4.13. The van der Waals surface area contributed by atoms with Gasteiger partial charge in [-0.25, -0.2) is 0 Å². The topological polar surface area (TPSA) is 68.5 Å². The zero-order chi connectivity index (χ0) is 16.1. The number of carbonyl (C=O) groups excluding carboxylic acids is 1. The fourth-order valence-electron chi connectivity index (χ4n) is 3.73. The van der Waals surface area contributed by atoms with Gasteiger partial charge in [0.05, 0.1) is 0 Å². The van der Waals surface area contributed by atoms with Gasteiger partial charge in [0.2, 0.25) is 5.91 Å². The van der Waals surface area contributed by atoms with Gasteiger partial charge >= 0.3 is 0 Å². The lowest BCUT2D eigenvalue weighted by Crippen LogP contribution is -2.43. The molecule has 5 heteroatoms. The highest BCUT2D eigenvalue weighted by Crippen LogP contribution is 2.29. The van der Waals surface area contributed by atoms with Crippen LogP contribution in [0.15, 0.2) is 18.2 Å². The standard InChI is InChI=1S/C18H27N3O2/c19-18(22)5-4-15-2-1-3-17(20-15)14-6-10-21(11-7-14)16-8-12-23-13-9-16/h1-3,14,16H,4-13H2,(H2,19,22). The Kier molecular flexibility index (Phi) is 5.62. The minimum atomic E-state index is -0.262. The summed E-state index contributed by atoms with van der Waals surface area (Å²) < 4.78 is 5.46. The average molecular weight is 317 g/mol. The van der Waals surface area contributed by atoms with E-state index in [1.807, 2.05) is 6.07 Å². The summed E-state index contributed by atoms with van der Waals surface area (Å²) >= 11 is 0. The van der Waals surface area contributed by atoms with Crippen LogP contribution in [0, 0.1) is 0 Å². The zero-order valence-electron chi connectivity index (χ0n) is 13.7. The molecule has 5 nitrogen and oxygen atoms in total. The SMILES string of the molecule is NC(=O)CCc1cccc(C2CCN(C3CCOCC3)CC2)n1. The van der Waals surface area contributed by atoms with Crippen LogP contribution in [-0.4, -0.2) is 48.1 Å². The number of carbonyl (C=O) groups is 1. The molecule has 1 aromatic heterocycles. The first-order chi connectivity index (χ1) is 11.2. The summed E-state index contributed by atoms with van der Waals surface area (Å²) in [6, 6.07) is 6.88. The second-order valence-electron chi connectivity index (χ2n) is 6.67. The van der Waals surface area contributed by atoms with Crippen LogP contribution in [0.4, 0.5) is 0 Å². The van der Waals surface area contributed by atoms with Gasteiger partial charge in [-0.1, -0.05) is 6.07 Å². The summed E-state index contributed by atoms with van der Waals surface area (Å²) in [7, 11) is 0. The van der Waals surface area contributed by atoms with E-state index >= 15 is 0 Å². The third-order valence-corrected chi connectivity index (χ3v) is 5.11. The first-order valence-electron chi connectivity index (χ1n) is 8.78. The smallest absolute Gasteiger partial charge is 0.217 e. The van der Waals surface area contributed by atoms with Gasteiger partial charge in [0, 0.05) is 43.0 Å². The zero-order valence-corrected chi connectivity index (χ0v) is 13.7. The highest BCUT2D eigenvalue weighted by atomic mass is 16.5. The van der Waals surface area contributed by atoms with E-state index in [-0.39, 0.29) is 5.91 Å². The number of pyridine rings is 1. The molecule has 2 N–H and O–H groups in total. The van der Waals surface area contributed by atoms with Crippen LogP contribution >= 0.6 is 0 Å². The molecule has 1 aromatic rings. The molecule has 2 aliphatic heterocycles. The van der Waals surface area contributed by atoms with Crippen molar-refractivity contribution in [1.82, 2.24) is 9.88 Å². The number of hydrogen-bond acceptors (Lipinski definition) is 4. The molecule has 0 unspecified atom stereocenters. The van der Waals surface area contributed by atoms with E-state index in [2.05, 4.69) is 17.0 Å². The minimum Gasteiger partial charge on any atom is -0.381 e. The molecular weight excluding hydrogens is 290 g/mol. The summed E-state index contributed by atoms with van der Waals surface area (Å²) in [6.07, 6.45) is 5.70. The molecule has 3 rings (SSSR count). The van der Waals surface area contributed by atoms with Gasteiger partial charge in [-0.15, -0.1) is 0 Å². The van der Waals surface area contributed by atoms with Crippen molar-refractivity contribution in [2.75, 3.05) is 26.3 Å². The van der Waals surface area contributed by atoms with E-state index < -0.39 is 0 Å². The Morgan fingerprint density at radius 1 is 1.22 bits per heavy atom. The molecule has 2 aliphatic rings. The summed E-state index contributed by atoms with van der Waals surface area (Å²) in [5.41, 5.74) is 7.39. The number of nitrogens with two attached hydrogens (primary N) is 1. The number of likely N-dealkylation sites (tertiary alicyclic amines) is 1. The van der Waals surface area contributed by atoms with Crippen molar-refractivity contribution in [2.24, 2.45) is 5.73 Å². The van der Waals surface area contributed by atoms with Crippen LogP contribution in [0.25, 0.3) is 0 Å². The number of primary amides is 1. The second-order valence-corrected chi connectivity index (χ2v) is 6.67. The molecule has 0 saturated carbocycles. The molecule has 0 radical (unpaired) electrons. The van der Waals surface area contributed by atoms with Gasteiger partial charge in [0.1, 0.15) is 0 Å². The summed E-state index contributed by atoms with van der Waals surface area (Å²) in [4.78, 5) is 18.3. The molecule has 0 bridgehead atoms. The fourth-order valence-corrected chi connectivity index (χ4v) is 3.73. The number of aromatic nitrogens is 1. The number of ether oxygens (including phenoxy) is 1. The number of piperidine rings is 1. The van der Waals surface area contributed by atoms with Crippen LogP contribution in [0.5, 0.6) is 0 Å². The molecule has 126 valence electrons. The van der Waals surface area contributed by atoms with E-state index in [9.17, 15) is 4.79 Å². The fraction of sp³-hybridized carbons (Fsp3) is 0.667. The van der Waals surface area contributed by atoms with Gasteiger partial charge in [0.15, 0.2) is 0 Å². The lowest BCUT2D eigenvalue weighted by atomic mass is 9.91. The summed E-state index contributed by atoms with van der Waals surface area (Å²) in [5.74, 6) is 0.279. The maximum absolute atomic E-state index is 10.9. The summed E-state index contributed by atoms with van der Waals surface area (Å²) in [5, 5.41) is 0. The van der Waals surface area contributed by atoms with Gasteiger partial charge in [-0.3, -0.25) is 9.78 Å². The van der Waals surface area contributed by atoms with Crippen LogP contribution in [-0.2, 0) is 16.0 Å². The van der Waals surface area contributed by atoms with Crippen LogP contribution in [0.1, 0.15) is 49.4 Å². The first-order valence-corrected chi connectivity index (χ1v) is 8.78. The third-order valence-electron chi connectivity index (χ3n) is 5.11. The Morgan fingerprint density at radius 3 is 2.65 bits per heavy atom. The number of amides is 1. The molecule has 3 heterocycles. The van der Waals surface area contributed by atoms with Crippen molar-refractivity contribution in [1.29, 1.82) is 0 Å². The van der Waals surface area contributed by atoms with Gasteiger partial charge in [0.25, 0.3) is 0 Å². The van der Waals surface area contributed by atoms with Crippen molar-refractivity contribution in [3.05, 3.63) is 29.6 Å². The van der Waals surface area contributed by atoms with Crippen molar-refractivity contribution in [3.63, 3.8) is 0 Å². The predicted octanol–water partition coefficient (Wildman–Crippen LogP) is 1.86. The average Bonchev–Trinajstić information content (AvgIpc) is 2.61. The molecule has 23 heavy (non-hydrogen) atoms. The number of nitrogens with zero attached hydrogens (tertiary/aromatic N) is 2. The predicted molar refractivity (Wildman–Crippen MR) is 89.1 cm³/mol. The van der Waals surface area contributed by atoms with Crippen molar-refractivity contribution >= 4 is 5.91 Å². The highest BCUT2D eigenvalue weighted by Gasteiger charge is 2.27. The Morgan fingerprint density at radius 2 is 1.96 bits per heavy atom. The molecule has 0 aromatic carbocycles. The van der Waals surface area contributed by atoms with Gasteiger partial charge < -0.3 is 15.4 Å². The normalized spacial score (nSPS) is 21.4. The third kappa shape index (κ3) is 4.52. The molecule has 0 aliphatic carbocycles. The largest absolute Gasteiger partial charge is 0.381 e. The van der Waals surface area contributed by atoms with Crippen LogP contribution < -0.4 is 5.73 Å². The van der Waals surface area contributed by atoms with E-state index in [0.717, 1.165) is 32.0 Å². The van der Waals surface area contributed by atoms with Crippen molar-refractivity contribution in [2.45, 2.75) is 50.5 Å². The van der Waals surface area contributed by atoms with Gasteiger partial charge in [-0.05, 0) is 57.3 Å². The van der Waals surface area contributed by atoms with E-state index in [0.29, 0.717) is 24.8 Å².